The van der Waals surface area contributed by atoms with E-state index in [1.807, 2.05) is 19.1 Å². The average Bonchev–Trinajstić information content (AvgIpc) is 2.83. The molecule has 4 heteroatoms. The van der Waals surface area contributed by atoms with E-state index in [-0.39, 0.29) is 11.6 Å². The first kappa shape index (κ1) is 12.8. The van der Waals surface area contributed by atoms with E-state index in [1.165, 1.54) is 18.5 Å². The SMILES string of the molecule is Cc1cccc2c1-c1ncnc(-c3ccc(F)cc3)c1C2=O. The van der Waals surface area contributed by atoms with Gasteiger partial charge in [-0.15, -0.1) is 0 Å². The number of carbonyl (C=O) groups excluding carboxylic acids is 1. The maximum atomic E-state index is 13.1. The van der Waals surface area contributed by atoms with Crippen LogP contribution in [0.5, 0.6) is 0 Å². The third kappa shape index (κ3) is 1.70. The third-order valence-corrected chi connectivity index (χ3v) is 3.95. The standard InChI is InChI=1S/C18H11FN2O/c1-10-3-2-4-13-14(10)17-15(18(13)22)16(20-9-21-17)11-5-7-12(19)8-6-11/h2-9H,1H3. The van der Waals surface area contributed by atoms with Gasteiger partial charge in [0.05, 0.1) is 17.0 Å². The lowest BCUT2D eigenvalue weighted by Crippen LogP contribution is -2.01. The molecule has 0 fully saturated rings. The third-order valence-electron chi connectivity index (χ3n) is 3.95. The van der Waals surface area contributed by atoms with Gasteiger partial charge in [0, 0.05) is 16.7 Å². The maximum Gasteiger partial charge on any atom is 0.198 e. The first-order valence-corrected chi connectivity index (χ1v) is 6.92. The minimum absolute atomic E-state index is 0.0753. The lowest BCUT2D eigenvalue weighted by Gasteiger charge is -2.06. The van der Waals surface area contributed by atoms with Gasteiger partial charge >= 0.3 is 0 Å². The van der Waals surface area contributed by atoms with Crippen LogP contribution < -0.4 is 0 Å². The van der Waals surface area contributed by atoms with E-state index in [9.17, 15) is 9.18 Å². The molecule has 1 aromatic heterocycles. The van der Waals surface area contributed by atoms with E-state index in [0.29, 0.717) is 28.1 Å². The number of aryl methyl sites for hydroxylation is 1. The topological polar surface area (TPSA) is 42.9 Å². The predicted octanol–water partition coefficient (Wildman–Crippen LogP) is 3.80. The van der Waals surface area contributed by atoms with E-state index in [1.54, 1.807) is 18.2 Å². The van der Waals surface area contributed by atoms with E-state index in [0.717, 1.165) is 11.1 Å². The molecule has 1 aliphatic carbocycles. The number of carbonyl (C=O) groups is 1. The van der Waals surface area contributed by atoms with Crippen LogP contribution >= 0.6 is 0 Å². The van der Waals surface area contributed by atoms with Crippen LogP contribution in [0.3, 0.4) is 0 Å². The normalized spacial score (nSPS) is 12.2. The van der Waals surface area contributed by atoms with Crippen molar-refractivity contribution in [3.05, 3.63) is 71.3 Å². The lowest BCUT2D eigenvalue weighted by atomic mass is 10.0. The summed E-state index contributed by atoms with van der Waals surface area (Å²) >= 11 is 0. The molecule has 3 aromatic rings. The van der Waals surface area contributed by atoms with Gasteiger partial charge in [0.25, 0.3) is 0 Å². The summed E-state index contributed by atoms with van der Waals surface area (Å²) in [5, 5.41) is 0. The molecular weight excluding hydrogens is 279 g/mol. The van der Waals surface area contributed by atoms with Crippen LogP contribution in [0.25, 0.3) is 22.5 Å². The summed E-state index contributed by atoms with van der Waals surface area (Å²) in [6.45, 7) is 1.96. The van der Waals surface area contributed by atoms with Crippen LogP contribution in [0.15, 0.2) is 48.8 Å². The number of halogens is 1. The van der Waals surface area contributed by atoms with Gasteiger partial charge in [-0.25, -0.2) is 14.4 Å². The Morgan fingerprint density at radius 2 is 1.64 bits per heavy atom. The summed E-state index contributed by atoms with van der Waals surface area (Å²) in [7, 11) is 0. The smallest absolute Gasteiger partial charge is 0.198 e. The second kappa shape index (κ2) is 4.56. The van der Waals surface area contributed by atoms with Crippen molar-refractivity contribution in [1.29, 1.82) is 0 Å². The van der Waals surface area contributed by atoms with Gasteiger partial charge < -0.3 is 0 Å². The molecule has 1 heterocycles. The number of benzene rings is 2. The maximum absolute atomic E-state index is 13.1. The Hall–Kier alpha value is -2.88. The Bertz CT molecular complexity index is 917. The summed E-state index contributed by atoms with van der Waals surface area (Å²) in [6, 6.07) is 11.6. The molecule has 0 radical (unpaired) electrons. The van der Waals surface area contributed by atoms with Crippen molar-refractivity contribution in [2.24, 2.45) is 0 Å². The molecule has 3 nitrogen and oxygen atoms in total. The van der Waals surface area contributed by atoms with E-state index < -0.39 is 0 Å². The highest BCUT2D eigenvalue weighted by atomic mass is 19.1. The number of rotatable bonds is 1. The summed E-state index contributed by atoms with van der Waals surface area (Å²) in [5.74, 6) is -0.395. The molecule has 0 bridgehead atoms. The second-order valence-corrected chi connectivity index (χ2v) is 5.28. The van der Waals surface area contributed by atoms with Crippen LogP contribution in [0.2, 0.25) is 0 Å². The molecule has 0 N–H and O–H groups in total. The molecule has 0 atom stereocenters. The van der Waals surface area contributed by atoms with Crippen molar-refractivity contribution in [3.8, 4) is 22.5 Å². The van der Waals surface area contributed by atoms with Gasteiger partial charge in [-0.05, 0) is 36.8 Å². The van der Waals surface area contributed by atoms with Gasteiger partial charge in [-0.3, -0.25) is 4.79 Å². The van der Waals surface area contributed by atoms with Crippen molar-refractivity contribution < 1.29 is 9.18 Å². The summed E-state index contributed by atoms with van der Waals surface area (Å²) < 4.78 is 13.1. The zero-order valence-electron chi connectivity index (χ0n) is 11.8. The highest BCUT2D eigenvalue weighted by molar-refractivity contribution is 6.23. The number of fused-ring (bicyclic) bond motifs is 3. The molecule has 22 heavy (non-hydrogen) atoms. The van der Waals surface area contributed by atoms with Crippen molar-refractivity contribution in [2.75, 3.05) is 0 Å². The number of hydrogen-bond donors (Lipinski definition) is 0. The zero-order chi connectivity index (χ0) is 15.3. The Morgan fingerprint density at radius 1 is 0.909 bits per heavy atom. The average molecular weight is 290 g/mol. The van der Waals surface area contributed by atoms with Crippen molar-refractivity contribution >= 4 is 5.78 Å². The monoisotopic (exact) mass is 290 g/mol. The Labute approximate surface area is 126 Å². The Balaban J connectivity index is 2.01. The van der Waals surface area contributed by atoms with Crippen LogP contribution in [0.1, 0.15) is 21.5 Å². The number of hydrogen-bond acceptors (Lipinski definition) is 3. The van der Waals surface area contributed by atoms with Crippen molar-refractivity contribution in [1.82, 2.24) is 9.97 Å². The van der Waals surface area contributed by atoms with E-state index in [4.69, 9.17) is 0 Å². The molecule has 2 aromatic carbocycles. The first-order valence-electron chi connectivity index (χ1n) is 6.92. The van der Waals surface area contributed by atoms with Crippen molar-refractivity contribution in [2.45, 2.75) is 6.92 Å². The molecule has 0 saturated carbocycles. The fourth-order valence-corrected chi connectivity index (χ4v) is 2.92. The Morgan fingerprint density at radius 3 is 2.41 bits per heavy atom. The highest BCUT2D eigenvalue weighted by Crippen LogP contribution is 2.40. The minimum Gasteiger partial charge on any atom is -0.288 e. The fraction of sp³-hybridized carbons (Fsp3) is 0.0556. The minimum atomic E-state index is -0.320. The van der Waals surface area contributed by atoms with E-state index >= 15 is 0 Å². The Kier molecular flexibility index (Phi) is 2.66. The second-order valence-electron chi connectivity index (χ2n) is 5.28. The first-order chi connectivity index (χ1) is 10.7. The lowest BCUT2D eigenvalue weighted by molar-refractivity contribution is 0.104. The summed E-state index contributed by atoms with van der Waals surface area (Å²) in [4.78, 5) is 21.3. The molecule has 0 amide bonds. The van der Waals surface area contributed by atoms with Gasteiger partial charge in [0.15, 0.2) is 5.78 Å². The largest absolute Gasteiger partial charge is 0.288 e. The molecule has 0 saturated heterocycles. The van der Waals surface area contributed by atoms with Gasteiger partial charge in [0.1, 0.15) is 12.1 Å². The molecule has 0 unspecified atom stereocenters. The van der Waals surface area contributed by atoms with Crippen molar-refractivity contribution in [3.63, 3.8) is 0 Å². The van der Waals surface area contributed by atoms with E-state index in [2.05, 4.69) is 9.97 Å². The quantitative estimate of drug-likeness (QED) is 0.535. The number of nitrogens with zero attached hydrogens (tertiary/aromatic N) is 2. The van der Waals surface area contributed by atoms with Crippen LogP contribution in [0.4, 0.5) is 4.39 Å². The van der Waals surface area contributed by atoms with Gasteiger partial charge in [-0.2, -0.15) is 0 Å². The number of ketones is 1. The van der Waals surface area contributed by atoms with Gasteiger partial charge in [-0.1, -0.05) is 18.2 Å². The summed E-state index contributed by atoms with van der Waals surface area (Å²) in [6.07, 6.45) is 1.45. The zero-order valence-corrected chi connectivity index (χ0v) is 11.8. The van der Waals surface area contributed by atoms with Crippen LogP contribution in [-0.2, 0) is 0 Å². The highest BCUT2D eigenvalue weighted by Gasteiger charge is 2.32. The molecule has 0 aliphatic heterocycles. The molecule has 1 aliphatic rings. The molecule has 0 spiro atoms. The molecule has 4 rings (SSSR count). The number of aromatic nitrogens is 2. The van der Waals surface area contributed by atoms with Crippen LogP contribution in [-0.4, -0.2) is 15.8 Å². The fourth-order valence-electron chi connectivity index (χ4n) is 2.92. The summed E-state index contributed by atoms with van der Waals surface area (Å²) in [5.41, 5.74) is 4.94. The molecule has 106 valence electrons. The molecular formula is C18H11FN2O. The van der Waals surface area contributed by atoms with Crippen LogP contribution in [0, 0.1) is 12.7 Å². The van der Waals surface area contributed by atoms with Gasteiger partial charge in [0.2, 0.25) is 0 Å². The predicted molar refractivity (Wildman–Crippen MR) is 81.0 cm³/mol.